The number of aryl methyl sites for hydroxylation is 1. The number of nitrogens with zero attached hydrogens (tertiary/aromatic N) is 1. The van der Waals surface area contributed by atoms with Gasteiger partial charge in [-0.3, -0.25) is 4.79 Å². The van der Waals surface area contributed by atoms with Crippen LogP contribution in [0.1, 0.15) is 28.1 Å². The van der Waals surface area contributed by atoms with E-state index in [-0.39, 0.29) is 30.0 Å². The molecule has 0 saturated carbocycles. The van der Waals surface area contributed by atoms with E-state index >= 15 is 0 Å². The number of hydrogen-bond acceptors (Lipinski definition) is 4. The largest absolute Gasteiger partial charge is 0.452 e. The van der Waals surface area contributed by atoms with Gasteiger partial charge in [0, 0.05) is 11.6 Å². The van der Waals surface area contributed by atoms with Crippen molar-refractivity contribution in [3.8, 4) is 0 Å². The predicted octanol–water partition coefficient (Wildman–Crippen LogP) is 3.18. The van der Waals surface area contributed by atoms with Crippen LogP contribution >= 0.6 is 15.9 Å². The lowest BCUT2D eigenvalue weighted by atomic mass is 10.1. The summed E-state index contributed by atoms with van der Waals surface area (Å²) in [5.74, 6) is 0.573. The maximum atomic E-state index is 13.0. The number of amides is 1. The van der Waals surface area contributed by atoms with E-state index < -0.39 is 9.84 Å². The summed E-state index contributed by atoms with van der Waals surface area (Å²) in [5.41, 5.74) is 1.55. The molecule has 0 bridgehead atoms. The molecule has 1 aliphatic rings. The van der Waals surface area contributed by atoms with Crippen molar-refractivity contribution in [2.24, 2.45) is 0 Å². The minimum absolute atomic E-state index is 0.00638. The molecule has 1 aliphatic heterocycles. The molecule has 0 N–H and O–H groups in total. The molecule has 0 aliphatic carbocycles. The number of sulfone groups is 1. The average molecular weight is 412 g/mol. The second-order valence-corrected chi connectivity index (χ2v) is 9.08. The van der Waals surface area contributed by atoms with E-state index in [4.69, 9.17) is 4.42 Å². The lowest BCUT2D eigenvalue weighted by molar-refractivity contribution is 0.0665. The van der Waals surface area contributed by atoms with Crippen LogP contribution in [0.15, 0.2) is 45.5 Å². The van der Waals surface area contributed by atoms with Gasteiger partial charge in [-0.2, -0.15) is 0 Å². The van der Waals surface area contributed by atoms with Crippen LogP contribution in [-0.4, -0.2) is 36.8 Å². The first-order chi connectivity index (χ1) is 11.3. The van der Waals surface area contributed by atoms with Crippen LogP contribution in [-0.2, 0) is 16.4 Å². The standard InChI is InChI=1S/C17H18BrNO4S/c1-12-3-2-4-13(9-12)17(20)19(10-15-5-6-16(18)23-15)14-7-8-24(21,22)11-14/h2-6,9,14H,7-8,10-11H2,1H3/t14-/m1/s1. The van der Waals surface area contributed by atoms with Crippen molar-refractivity contribution in [3.63, 3.8) is 0 Å². The summed E-state index contributed by atoms with van der Waals surface area (Å²) in [6.07, 6.45) is 0.460. The number of carbonyl (C=O) groups excluding carboxylic acids is 1. The molecular weight excluding hydrogens is 394 g/mol. The number of rotatable bonds is 4. The summed E-state index contributed by atoms with van der Waals surface area (Å²) in [7, 11) is -3.09. The molecule has 0 spiro atoms. The third kappa shape index (κ3) is 3.89. The van der Waals surface area contributed by atoms with E-state index in [2.05, 4.69) is 15.9 Å². The zero-order chi connectivity index (χ0) is 17.3. The van der Waals surface area contributed by atoms with Crippen molar-refractivity contribution in [1.29, 1.82) is 0 Å². The minimum atomic E-state index is -3.09. The Morgan fingerprint density at radius 3 is 2.71 bits per heavy atom. The second kappa shape index (κ2) is 6.72. The van der Waals surface area contributed by atoms with Gasteiger partial charge in [0.1, 0.15) is 5.76 Å². The van der Waals surface area contributed by atoms with Crippen LogP contribution in [0, 0.1) is 6.92 Å². The molecule has 1 aromatic heterocycles. The van der Waals surface area contributed by atoms with E-state index in [1.807, 2.05) is 25.1 Å². The second-order valence-electron chi connectivity index (χ2n) is 6.07. The highest BCUT2D eigenvalue weighted by Crippen LogP contribution is 2.24. The molecule has 128 valence electrons. The number of hydrogen-bond donors (Lipinski definition) is 0. The molecule has 1 atom stereocenters. The average Bonchev–Trinajstić information content (AvgIpc) is 3.09. The van der Waals surface area contributed by atoms with Gasteiger partial charge in [0.15, 0.2) is 14.5 Å². The van der Waals surface area contributed by atoms with Crippen molar-refractivity contribution >= 4 is 31.7 Å². The first-order valence-electron chi connectivity index (χ1n) is 7.66. The van der Waals surface area contributed by atoms with Crippen LogP contribution in [0.3, 0.4) is 0 Å². The number of carbonyl (C=O) groups is 1. The molecule has 2 heterocycles. The Morgan fingerprint density at radius 1 is 1.33 bits per heavy atom. The summed E-state index contributed by atoms with van der Waals surface area (Å²) in [4.78, 5) is 14.6. The van der Waals surface area contributed by atoms with Gasteiger partial charge in [-0.1, -0.05) is 17.7 Å². The van der Waals surface area contributed by atoms with E-state index in [0.29, 0.717) is 22.4 Å². The van der Waals surface area contributed by atoms with Gasteiger partial charge >= 0.3 is 0 Å². The fourth-order valence-corrected chi connectivity index (χ4v) is 5.01. The third-order valence-electron chi connectivity index (χ3n) is 4.13. The molecular formula is C17H18BrNO4S. The normalized spacial score (nSPS) is 19.3. The van der Waals surface area contributed by atoms with Crippen molar-refractivity contribution in [1.82, 2.24) is 4.90 Å². The molecule has 1 amide bonds. The molecule has 24 heavy (non-hydrogen) atoms. The van der Waals surface area contributed by atoms with Gasteiger partial charge < -0.3 is 9.32 Å². The fraction of sp³-hybridized carbons (Fsp3) is 0.353. The molecule has 0 unspecified atom stereocenters. The van der Waals surface area contributed by atoms with E-state index in [1.54, 1.807) is 23.1 Å². The molecule has 5 nitrogen and oxygen atoms in total. The summed E-state index contributed by atoms with van der Waals surface area (Å²) in [6, 6.07) is 10.5. The van der Waals surface area contributed by atoms with Crippen molar-refractivity contribution in [2.75, 3.05) is 11.5 Å². The first kappa shape index (κ1) is 17.2. The SMILES string of the molecule is Cc1cccc(C(=O)N(Cc2ccc(Br)o2)[C@@H]2CCS(=O)(=O)C2)c1. The predicted molar refractivity (Wildman–Crippen MR) is 94.5 cm³/mol. The highest BCUT2D eigenvalue weighted by atomic mass is 79.9. The maximum Gasteiger partial charge on any atom is 0.254 e. The summed E-state index contributed by atoms with van der Waals surface area (Å²) in [5, 5.41) is 0. The summed E-state index contributed by atoms with van der Waals surface area (Å²) in [6.45, 7) is 2.17. The number of halogens is 1. The highest BCUT2D eigenvalue weighted by Gasteiger charge is 2.35. The lowest BCUT2D eigenvalue weighted by Crippen LogP contribution is -2.40. The van der Waals surface area contributed by atoms with Gasteiger partial charge in [0.05, 0.1) is 18.1 Å². The third-order valence-corrected chi connectivity index (χ3v) is 6.31. The molecule has 1 aromatic carbocycles. The molecule has 1 fully saturated rings. The Balaban J connectivity index is 1.90. The minimum Gasteiger partial charge on any atom is -0.452 e. The van der Waals surface area contributed by atoms with Crippen molar-refractivity contribution in [3.05, 3.63) is 58.0 Å². The Bertz CT molecular complexity index is 859. The summed E-state index contributed by atoms with van der Waals surface area (Å²) < 4.78 is 29.8. The zero-order valence-corrected chi connectivity index (χ0v) is 15.6. The molecule has 7 heteroatoms. The van der Waals surface area contributed by atoms with Crippen molar-refractivity contribution in [2.45, 2.75) is 25.9 Å². The lowest BCUT2D eigenvalue weighted by Gasteiger charge is -2.27. The van der Waals surface area contributed by atoms with Gasteiger partial charge in [-0.15, -0.1) is 0 Å². The number of benzene rings is 1. The zero-order valence-electron chi connectivity index (χ0n) is 13.2. The Morgan fingerprint density at radius 2 is 2.12 bits per heavy atom. The van der Waals surface area contributed by atoms with Crippen LogP contribution in [0.25, 0.3) is 0 Å². The smallest absolute Gasteiger partial charge is 0.254 e. The van der Waals surface area contributed by atoms with Crippen LogP contribution in [0.5, 0.6) is 0 Å². The number of furan rings is 1. The van der Waals surface area contributed by atoms with E-state index in [9.17, 15) is 13.2 Å². The fourth-order valence-electron chi connectivity index (χ4n) is 2.94. The first-order valence-corrected chi connectivity index (χ1v) is 10.3. The van der Waals surface area contributed by atoms with Crippen LogP contribution in [0.4, 0.5) is 0 Å². The van der Waals surface area contributed by atoms with E-state index in [1.165, 1.54) is 0 Å². The molecule has 3 rings (SSSR count). The topological polar surface area (TPSA) is 67.6 Å². The van der Waals surface area contributed by atoms with E-state index in [0.717, 1.165) is 5.56 Å². The van der Waals surface area contributed by atoms with Gasteiger partial charge in [0.25, 0.3) is 5.91 Å². The molecule has 2 aromatic rings. The van der Waals surface area contributed by atoms with Crippen LogP contribution < -0.4 is 0 Å². The molecule has 1 saturated heterocycles. The Hall–Kier alpha value is -1.60. The van der Waals surface area contributed by atoms with Gasteiger partial charge in [-0.05, 0) is 53.5 Å². The van der Waals surface area contributed by atoms with Gasteiger partial charge in [-0.25, -0.2) is 8.42 Å². The maximum absolute atomic E-state index is 13.0. The Labute approximate surface area is 149 Å². The molecule has 0 radical (unpaired) electrons. The van der Waals surface area contributed by atoms with Crippen molar-refractivity contribution < 1.29 is 17.6 Å². The summed E-state index contributed by atoms with van der Waals surface area (Å²) >= 11 is 3.25. The quantitative estimate of drug-likeness (QED) is 0.774. The monoisotopic (exact) mass is 411 g/mol. The van der Waals surface area contributed by atoms with Crippen LogP contribution in [0.2, 0.25) is 0 Å². The van der Waals surface area contributed by atoms with Gasteiger partial charge in [0.2, 0.25) is 0 Å². The highest BCUT2D eigenvalue weighted by molar-refractivity contribution is 9.10. The Kier molecular flexibility index (Phi) is 4.83.